The molecule has 0 aromatic rings. The fourth-order valence-corrected chi connectivity index (χ4v) is 11.4. The van der Waals surface area contributed by atoms with E-state index in [2.05, 4.69) is 31.3 Å². The molecule has 14 nitrogen and oxygen atoms in total. The van der Waals surface area contributed by atoms with E-state index in [0.29, 0.717) is 12.8 Å². The van der Waals surface area contributed by atoms with Crippen molar-refractivity contribution in [2.75, 3.05) is 19.8 Å². The van der Waals surface area contributed by atoms with Crippen molar-refractivity contribution < 1.29 is 64.6 Å². The van der Waals surface area contributed by atoms with Crippen LogP contribution in [0.4, 0.5) is 0 Å². The van der Waals surface area contributed by atoms with E-state index in [9.17, 15) is 45.6 Å². The Kier molecular flexibility index (Phi) is 47.8. The average molecular weight is 1130 g/mol. The van der Waals surface area contributed by atoms with Crippen LogP contribution in [-0.4, -0.2) is 140 Å². The number of nitrogens with one attached hydrogen (secondary N) is 1. The molecule has 0 saturated carbocycles. The van der Waals surface area contributed by atoms with Gasteiger partial charge in [0.2, 0.25) is 5.91 Å². The summed E-state index contributed by atoms with van der Waals surface area (Å²) in [4.78, 5) is 13.2. The highest BCUT2D eigenvalue weighted by Gasteiger charge is 2.51. The van der Waals surface area contributed by atoms with Crippen molar-refractivity contribution in [2.24, 2.45) is 0 Å². The Labute approximate surface area is 482 Å². The lowest BCUT2D eigenvalue weighted by Gasteiger charge is -2.46. The summed E-state index contributed by atoms with van der Waals surface area (Å²) in [5, 5.41) is 86.8. The van der Waals surface area contributed by atoms with Gasteiger partial charge in [0.1, 0.15) is 48.8 Å². The fourth-order valence-electron chi connectivity index (χ4n) is 11.4. The molecule has 1 amide bonds. The van der Waals surface area contributed by atoms with Crippen molar-refractivity contribution in [2.45, 2.75) is 376 Å². The van der Waals surface area contributed by atoms with E-state index < -0.39 is 86.8 Å². The molecule has 0 aliphatic carbocycles. The van der Waals surface area contributed by atoms with Crippen molar-refractivity contribution in [1.82, 2.24) is 5.32 Å². The normalized spacial score (nSPS) is 24.4. The second-order valence-corrected chi connectivity index (χ2v) is 24.0. The Balaban J connectivity index is 1.46. The molecule has 12 unspecified atom stereocenters. The average Bonchev–Trinajstić information content (AvgIpc) is 3.47. The van der Waals surface area contributed by atoms with Gasteiger partial charge in [0.05, 0.1) is 32.0 Å². The summed E-state index contributed by atoms with van der Waals surface area (Å²) in [6, 6.07) is -0.821. The topological polar surface area (TPSA) is 228 Å². The lowest BCUT2D eigenvalue weighted by atomic mass is 9.97. The predicted octanol–water partition coefficient (Wildman–Crippen LogP) is 12.6. The smallest absolute Gasteiger partial charge is 0.220 e. The third kappa shape index (κ3) is 36.2. The van der Waals surface area contributed by atoms with Gasteiger partial charge >= 0.3 is 0 Å². The van der Waals surface area contributed by atoms with Gasteiger partial charge in [0.25, 0.3) is 0 Å². The maximum Gasteiger partial charge on any atom is 0.220 e. The van der Waals surface area contributed by atoms with Crippen molar-refractivity contribution in [1.29, 1.82) is 0 Å². The van der Waals surface area contributed by atoms with E-state index in [1.807, 2.05) is 0 Å². The molecule has 2 aliphatic heterocycles. The third-order valence-corrected chi connectivity index (χ3v) is 16.7. The van der Waals surface area contributed by atoms with Crippen LogP contribution in [0, 0.1) is 0 Å². The molecule has 2 heterocycles. The van der Waals surface area contributed by atoms with Gasteiger partial charge in [-0.3, -0.25) is 4.79 Å². The summed E-state index contributed by atoms with van der Waals surface area (Å²) < 4.78 is 22.7. The number of allylic oxidation sites excluding steroid dienone is 2. The zero-order valence-electron chi connectivity index (χ0n) is 50.6. The van der Waals surface area contributed by atoms with Crippen LogP contribution in [0.3, 0.4) is 0 Å². The zero-order valence-corrected chi connectivity index (χ0v) is 50.6. The van der Waals surface area contributed by atoms with Gasteiger partial charge in [-0.2, -0.15) is 0 Å². The van der Waals surface area contributed by atoms with E-state index >= 15 is 0 Å². The van der Waals surface area contributed by atoms with Gasteiger partial charge in [-0.1, -0.05) is 270 Å². The maximum absolute atomic E-state index is 13.2. The Morgan fingerprint density at radius 3 is 1.20 bits per heavy atom. The number of hydrogen-bond acceptors (Lipinski definition) is 13. The molecule has 468 valence electrons. The van der Waals surface area contributed by atoms with Gasteiger partial charge in [0, 0.05) is 6.42 Å². The van der Waals surface area contributed by atoms with Gasteiger partial charge in [0.15, 0.2) is 12.6 Å². The van der Waals surface area contributed by atoms with Crippen LogP contribution in [0.5, 0.6) is 0 Å². The molecular weight excluding hydrogens is 1000 g/mol. The van der Waals surface area contributed by atoms with Crippen LogP contribution in [0.15, 0.2) is 12.2 Å². The van der Waals surface area contributed by atoms with E-state index in [4.69, 9.17) is 18.9 Å². The van der Waals surface area contributed by atoms with Crippen LogP contribution in [0.2, 0.25) is 0 Å². The SMILES string of the molecule is CCCCCCCCCC/C=C\CCCCCCCCCCCCCCCCCCCCCCCCCCCCCC(=O)NC(COC1OC(CO)C(OC2OC(CO)C(O)C(O)C2O)C(O)C1O)C(O)CCCCCCCC. The second-order valence-electron chi connectivity index (χ2n) is 24.0. The lowest BCUT2D eigenvalue weighted by Crippen LogP contribution is -2.65. The molecule has 12 atom stereocenters. The number of aliphatic hydroxyl groups excluding tert-OH is 8. The maximum atomic E-state index is 13.2. The standard InChI is InChI=1S/C65H125NO13/c1-3-5-7-9-11-12-13-14-15-16-17-18-19-20-21-22-23-24-25-26-27-28-29-30-31-32-33-34-35-36-37-38-39-40-41-42-43-45-47-49-57(70)66-53(54(69)48-46-44-10-8-6-4-2)52-76-64-62(75)60(73)63(56(51-68)78-64)79-65-61(74)59(72)58(71)55(50-67)77-65/h16-17,53-56,58-65,67-69,71-75H,3-15,18-52H2,1-2H3,(H,66,70)/b17-16-. The third-order valence-electron chi connectivity index (χ3n) is 16.7. The monoisotopic (exact) mass is 1130 g/mol. The van der Waals surface area contributed by atoms with Gasteiger partial charge in [-0.05, 0) is 38.5 Å². The minimum Gasteiger partial charge on any atom is -0.394 e. The van der Waals surface area contributed by atoms with E-state index in [-0.39, 0.29) is 12.5 Å². The van der Waals surface area contributed by atoms with Crippen molar-refractivity contribution in [3.8, 4) is 0 Å². The Morgan fingerprint density at radius 1 is 0.443 bits per heavy atom. The number of rotatable bonds is 55. The molecule has 0 aromatic carbocycles. The van der Waals surface area contributed by atoms with E-state index in [0.717, 1.165) is 64.2 Å². The molecule has 2 fully saturated rings. The van der Waals surface area contributed by atoms with Crippen LogP contribution >= 0.6 is 0 Å². The first-order valence-corrected chi connectivity index (χ1v) is 33.4. The highest BCUT2D eigenvalue weighted by Crippen LogP contribution is 2.30. The van der Waals surface area contributed by atoms with Gasteiger partial charge in [-0.15, -0.1) is 0 Å². The number of aliphatic hydroxyl groups is 8. The first-order valence-electron chi connectivity index (χ1n) is 33.4. The molecule has 2 rings (SSSR count). The molecule has 2 aliphatic rings. The Hall–Kier alpha value is -1.27. The number of amides is 1. The minimum atomic E-state index is -1.78. The Bertz CT molecular complexity index is 1380. The largest absolute Gasteiger partial charge is 0.394 e. The first-order chi connectivity index (χ1) is 38.6. The highest BCUT2D eigenvalue weighted by atomic mass is 16.7. The first kappa shape index (κ1) is 73.8. The fraction of sp³-hybridized carbons (Fsp3) is 0.954. The van der Waals surface area contributed by atoms with Crippen LogP contribution < -0.4 is 5.32 Å². The number of hydrogen-bond donors (Lipinski definition) is 9. The van der Waals surface area contributed by atoms with Gasteiger partial charge < -0.3 is 65.1 Å². The number of ether oxygens (including phenoxy) is 4. The number of carbonyl (C=O) groups excluding carboxylic acids is 1. The lowest BCUT2D eigenvalue weighted by molar-refractivity contribution is -0.359. The summed E-state index contributed by atoms with van der Waals surface area (Å²) in [7, 11) is 0. The number of carbonyl (C=O) groups is 1. The highest BCUT2D eigenvalue weighted by molar-refractivity contribution is 5.76. The molecule has 0 radical (unpaired) electrons. The van der Waals surface area contributed by atoms with Crippen LogP contribution in [0.1, 0.15) is 303 Å². The molecule has 79 heavy (non-hydrogen) atoms. The van der Waals surface area contributed by atoms with Crippen molar-refractivity contribution in [3.63, 3.8) is 0 Å². The van der Waals surface area contributed by atoms with Crippen molar-refractivity contribution in [3.05, 3.63) is 12.2 Å². The zero-order chi connectivity index (χ0) is 57.4. The van der Waals surface area contributed by atoms with E-state index in [1.54, 1.807) is 0 Å². The summed E-state index contributed by atoms with van der Waals surface area (Å²) >= 11 is 0. The second kappa shape index (κ2) is 51.2. The summed E-state index contributed by atoms with van der Waals surface area (Å²) in [6.45, 7) is 2.81. The van der Waals surface area contributed by atoms with Crippen molar-refractivity contribution >= 4 is 5.91 Å². The summed E-state index contributed by atoms with van der Waals surface area (Å²) in [5.74, 6) is -0.206. The van der Waals surface area contributed by atoms with E-state index in [1.165, 1.54) is 212 Å². The van der Waals surface area contributed by atoms with Gasteiger partial charge in [-0.25, -0.2) is 0 Å². The molecule has 2 saturated heterocycles. The number of unbranched alkanes of at least 4 members (excludes halogenated alkanes) is 40. The van der Waals surface area contributed by atoms with Crippen LogP contribution in [0.25, 0.3) is 0 Å². The summed E-state index contributed by atoms with van der Waals surface area (Å²) in [6.07, 6.45) is 44.7. The molecule has 0 aromatic heterocycles. The molecule has 0 bridgehead atoms. The van der Waals surface area contributed by atoms with Crippen LogP contribution in [-0.2, 0) is 23.7 Å². The molecule has 9 N–H and O–H groups in total. The predicted molar refractivity (Wildman–Crippen MR) is 319 cm³/mol. The molecule has 0 spiro atoms. The minimum absolute atomic E-state index is 0.206. The molecule has 14 heteroatoms. The quantitative estimate of drug-likeness (QED) is 0.0204. The Morgan fingerprint density at radius 2 is 0.797 bits per heavy atom. The summed E-state index contributed by atoms with van der Waals surface area (Å²) in [5.41, 5.74) is 0. The molecular formula is C65H125NO13.